The normalized spacial score (nSPS) is 12.0. The van der Waals surface area contributed by atoms with Crippen LogP contribution in [0.5, 0.6) is 5.75 Å². The molecule has 2 aromatic heterocycles. The molecule has 0 radical (unpaired) electrons. The van der Waals surface area contributed by atoms with Crippen molar-refractivity contribution in [1.29, 1.82) is 0 Å². The molecule has 5 nitrogen and oxygen atoms in total. The van der Waals surface area contributed by atoms with Crippen molar-refractivity contribution in [1.82, 2.24) is 4.57 Å². The van der Waals surface area contributed by atoms with Crippen molar-refractivity contribution in [2.45, 2.75) is 13.8 Å². The Balaban J connectivity index is 2.47. The highest BCUT2D eigenvalue weighted by Gasteiger charge is 2.27. The summed E-state index contributed by atoms with van der Waals surface area (Å²) in [4.78, 5) is 1.03. The van der Waals surface area contributed by atoms with Crippen LogP contribution in [0.3, 0.4) is 0 Å². The molecule has 0 spiro atoms. The van der Waals surface area contributed by atoms with Crippen molar-refractivity contribution in [2.75, 3.05) is 0 Å². The largest absolute Gasteiger partial charge is 0.505 e. The first-order chi connectivity index (χ1) is 12.3. The van der Waals surface area contributed by atoms with Crippen LogP contribution < -0.4 is 5.73 Å². The van der Waals surface area contributed by atoms with E-state index in [-0.39, 0.29) is 5.84 Å². The van der Waals surface area contributed by atoms with Gasteiger partial charge in [-0.3, -0.25) is 0 Å². The summed E-state index contributed by atoms with van der Waals surface area (Å²) in [5.41, 5.74) is 9.97. The number of aromatic nitrogens is 1. The number of phenols is 1. The fourth-order valence-electron chi connectivity index (χ4n) is 3.12. The molecule has 0 fully saturated rings. The molecule has 26 heavy (non-hydrogen) atoms. The second-order valence-electron chi connectivity index (χ2n) is 5.95. The number of oxime groups is 1. The predicted octanol–water partition coefficient (Wildman–Crippen LogP) is 4.63. The van der Waals surface area contributed by atoms with Crippen LogP contribution in [0, 0.1) is 19.7 Å². The molecular formula is C18H17ClFN3O2S. The molecule has 0 unspecified atom stereocenters. The number of hydrogen-bond donors (Lipinski definition) is 3. The van der Waals surface area contributed by atoms with Gasteiger partial charge in [0, 0.05) is 28.6 Å². The minimum Gasteiger partial charge on any atom is -0.505 e. The monoisotopic (exact) mass is 393 g/mol. The number of amidine groups is 1. The maximum absolute atomic E-state index is 14.0. The van der Waals surface area contributed by atoms with Gasteiger partial charge in [0.15, 0.2) is 17.4 Å². The highest BCUT2D eigenvalue weighted by molar-refractivity contribution is 7.10. The first-order valence-electron chi connectivity index (χ1n) is 7.67. The highest BCUT2D eigenvalue weighted by Crippen LogP contribution is 2.46. The lowest BCUT2D eigenvalue weighted by Crippen LogP contribution is -2.18. The SMILES string of the molecule is Cc1csc(C)c1-c1c(-c2ccc(O)c(F)c2)c(Cl)n(C)c1/C(N)=N/O. The predicted molar refractivity (Wildman–Crippen MR) is 103 cm³/mol. The van der Waals surface area contributed by atoms with E-state index in [1.165, 1.54) is 12.1 Å². The maximum Gasteiger partial charge on any atom is 0.187 e. The topological polar surface area (TPSA) is 83.8 Å². The molecule has 4 N–H and O–H groups in total. The zero-order valence-corrected chi connectivity index (χ0v) is 15.9. The van der Waals surface area contributed by atoms with E-state index in [1.54, 1.807) is 29.0 Å². The second kappa shape index (κ2) is 6.66. The van der Waals surface area contributed by atoms with Crippen molar-refractivity contribution in [3.8, 4) is 28.0 Å². The van der Waals surface area contributed by atoms with Gasteiger partial charge in [0.25, 0.3) is 0 Å². The third-order valence-electron chi connectivity index (χ3n) is 4.32. The molecule has 136 valence electrons. The molecule has 0 atom stereocenters. The number of phenolic OH excluding ortho intramolecular Hbond substituents is 1. The zero-order chi connectivity index (χ0) is 19.2. The minimum atomic E-state index is -0.752. The molecule has 3 aromatic rings. The molecule has 0 aliphatic heterocycles. The van der Waals surface area contributed by atoms with Crippen LogP contribution in [-0.2, 0) is 7.05 Å². The third-order valence-corrected chi connectivity index (χ3v) is 5.79. The van der Waals surface area contributed by atoms with Crippen LogP contribution in [0.25, 0.3) is 22.3 Å². The smallest absolute Gasteiger partial charge is 0.187 e. The van der Waals surface area contributed by atoms with Gasteiger partial charge in [-0.1, -0.05) is 22.8 Å². The molecule has 0 aliphatic carbocycles. The average Bonchev–Trinajstić information content (AvgIpc) is 3.06. The van der Waals surface area contributed by atoms with E-state index in [1.807, 2.05) is 19.2 Å². The van der Waals surface area contributed by atoms with E-state index in [4.69, 9.17) is 17.3 Å². The van der Waals surface area contributed by atoms with Gasteiger partial charge in [0.1, 0.15) is 5.15 Å². The van der Waals surface area contributed by atoms with Crippen LogP contribution in [-0.4, -0.2) is 20.7 Å². The Morgan fingerprint density at radius 2 is 1.96 bits per heavy atom. The van der Waals surface area contributed by atoms with Crippen LogP contribution >= 0.6 is 22.9 Å². The quantitative estimate of drug-likeness (QED) is 0.262. The summed E-state index contributed by atoms with van der Waals surface area (Å²) < 4.78 is 15.6. The van der Waals surface area contributed by atoms with Gasteiger partial charge in [-0.2, -0.15) is 0 Å². The lowest BCUT2D eigenvalue weighted by atomic mass is 9.94. The highest BCUT2D eigenvalue weighted by atomic mass is 35.5. The number of thiophene rings is 1. The van der Waals surface area contributed by atoms with Gasteiger partial charge < -0.3 is 20.6 Å². The van der Waals surface area contributed by atoms with Gasteiger partial charge in [0.2, 0.25) is 0 Å². The molecule has 3 rings (SSSR count). The third kappa shape index (κ3) is 2.73. The Morgan fingerprint density at radius 3 is 2.50 bits per heavy atom. The van der Waals surface area contributed by atoms with Crippen molar-refractivity contribution in [3.05, 3.63) is 50.7 Å². The van der Waals surface area contributed by atoms with E-state index >= 15 is 0 Å². The summed E-state index contributed by atoms with van der Waals surface area (Å²) >= 11 is 8.13. The Morgan fingerprint density at radius 1 is 1.27 bits per heavy atom. The van der Waals surface area contributed by atoms with Crippen LogP contribution in [0.4, 0.5) is 4.39 Å². The van der Waals surface area contributed by atoms with Crippen LogP contribution in [0.15, 0.2) is 28.7 Å². The molecular weight excluding hydrogens is 377 g/mol. The van der Waals surface area contributed by atoms with Crippen LogP contribution in [0.1, 0.15) is 16.1 Å². The second-order valence-corrected chi connectivity index (χ2v) is 7.39. The number of halogens is 2. The van der Waals surface area contributed by atoms with E-state index < -0.39 is 11.6 Å². The number of nitrogens with zero attached hydrogens (tertiary/aromatic N) is 2. The van der Waals surface area contributed by atoms with Gasteiger partial charge in [-0.25, -0.2) is 4.39 Å². The van der Waals surface area contributed by atoms with Gasteiger partial charge in [-0.05, 0) is 42.5 Å². The average molecular weight is 394 g/mol. The number of aromatic hydroxyl groups is 1. The van der Waals surface area contributed by atoms with Gasteiger partial charge in [0.05, 0.1) is 5.69 Å². The number of benzene rings is 1. The Bertz CT molecular complexity index is 1020. The summed E-state index contributed by atoms with van der Waals surface area (Å²) in [6.45, 7) is 3.92. The summed E-state index contributed by atoms with van der Waals surface area (Å²) in [5.74, 6) is -1.29. The van der Waals surface area contributed by atoms with Crippen molar-refractivity contribution in [3.63, 3.8) is 0 Å². The number of rotatable bonds is 3. The van der Waals surface area contributed by atoms with Gasteiger partial charge in [-0.15, -0.1) is 11.3 Å². The first kappa shape index (κ1) is 18.3. The first-order valence-corrected chi connectivity index (χ1v) is 8.93. The number of aryl methyl sites for hydroxylation is 2. The standard InChI is InChI=1S/C18H17ClFN3O2S/c1-8-7-26-9(2)13(8)15-14(10-4-5-12(24)11(20)6-10)17(19)23(3)16(15)18(21)22-25/h4-7,24-25H,1-3H3,(H2,21,22). The van der Waals surface area contributed by atoms with E-state index in [0.29, 0.717) is 27.5 Å². The fraction of sp³-hybridized carbons (Fsp3) is 0.167. The Labute approximate surface area is 158 Å². The Hall–Kier alpha value is -2.51. The molecule has 2 heterocycles. The number of hydrogen-bond acceptors (Lipinski definition) is 4. The van der Waals surface area contributed by atoms with E-state index in [2.05, 4.69) is 5.16 Å². The zero-order valence-electron chi connectivity index (χ0n) is 14.3. The Kier molecular flexibility index (Phi) is 4.68. The fourth-order valence-corrected chi connectivity index (χ4v) is 4.26. The van der Waals surface area contributed by atoms with Crippen molar-refractivity contribution < 1.29 is 14.7 Å². The lowest BCUT2D eigenvalue weighted by molar-refractivity contribution is 0.318. The van der Waals surface area contributed by atoms with E-state index in [9.17, 15) is 14.7 Å². The van der Waals surface area contributed by atoms with E-state index in [0.717, 1.165) is 16.0 Å². The molecule has 0 amide bonds. The molecule has 1 aromatic carbocycles. The lowest BCUT2D eigenvalue weighted by Gasteiger charge is -2.10. The molecule has 0 saturated carbocycles. The van der Waals surface area contributed by atoms with Crippen molar-refractivity contribution in [2.24, 2.45) is 17.9 Å². The molecule has 8 heteroatoms. The summed E-state index contributed by atoms with van der Waals surface area (Å²) in [6.07, 6.45) is 0. The molecule has 0 bridgehead atoms. The van der Waals surface area contributed by atoms with Crippen molar-refractivity contribution >= 4 is 28.8 Å². The summed E-state index contributed by atoms with van der Waals surface area (Å²) in [5, 5.41) is 24.2. The molecule has 0 saturated heterocycles. The van der Waals surface area contributed by atoms with Gasteiger partial charge >= 0.3 is 0 Å². The minimum absolute atomic E-state index is 0.0973. The summed E-state index contributed by atoms with van der Waals surface area (Å²) in [7, 11) is 1.69. The summed E-state index contributed by atoms with van der Waals surface area (Å²) in [6, 6.07) is 4.07. The maximum atomic E-state index is 14.0. The van der Waals surface area contributed by atoms with Crippen LogP contribution in [0.2, 0.25) is 5.15 Å². The number of nitrogens with two attached hydrogens (primary N) is 1. The molecule has 0 aliphatic rings.